The second kappa shape index (κ2) is 4.67. The van der Waals surface area contributed by atoms with E-state index in [0.717, 1.165) is 11.8 Å². The van der Waals surface area contributed by atoms with Gasteiger partial charge in [0.25, 0.3) is 0 Å². The molecule has 1 saturated carbocycles. The number of nitrogens with two attached hydrogens (primary N) is 1. The summed E-state index contributed by atoms with van der Waals surface area (Å²) >= 11 is 2.12. The van der Waals surface area contributed by atoms with Crippen LogP contribution in [0.1, 0.15) is 52.4 Å². The van der Waals surface area contributed by atoms with Crippen LogP contribution in [0, 0.1) is 11.8 Å². The third-order valence-corrected chi connectivity index (χ3v) is 6.07. The van der Waals surface area contributed by atoms with Gasteiger partial charge in [-0.25, -0.2) is 0 Å². The van der Waals surface area contributed by atoms with Crippen molar-refractivity contribution < 1.29 is 0 Å². The molecule has 0 bridgehead atoms. The quantitative estimate of drug-likeness (QED) is 0.782. The topological polar surface area (TPSA) is 26.0 Å². The van der Waals surface area contributed by atoms with Crippen molar-refractivity contribution in [1.29, 1.82) is 0 Å². The molecule has 0 spiro atoms. The summed E-state index contributed by atoms with van der Waals surface area (Å²) in [6.45, 7) is 4.79. The van der Waals surface area contributed by atoms with E-state index < -0.39 is 0 Å². The Hall–Kier alpha value is 0.310. The molecule has 2 fully saturated rings. The molecule has 0 amide bonds. The zero-order chi connectivity index (χ0) is 10.9. The Balaban J connectivity index is 1.96. The van der Waals surface area contributed by atoms with Crippen LogP contribution < -0.4 is 5.73 Å². The number of thioether (sulfide) groups is 1. The van der Waals surface area contributed by atoms with Gasteiger partial charge in [-0.2, -0.15) is 11.8 Å². The van der Waals surface area contributed by atoms with Crippen LogP contribution in [0.15, 0.2) is 0 Å². The molecule has 1 nitrogen and oxygen atoms in total. The third kappa shape index (κ3) is 2.52. The minimum atomic E-state index is 0.391. The predicted molar refractivity (Wildman–Crippen MR) is 69.2 cm³/mol. The molecule has 1 aliphatic carbocycles. The lowest BCUT2D eigenvalue weighted by molar-refractivity contribution is 0.221. The first-order valence-corrected chi connectivity index (χ1v) is 7.50. The Morgan fingerprint density at radius 3 is 2.73 bits per heavy atom. The summed E-state index contributed by atoms with van der Waals surface area (Å²) in [5.41, 5.74) is 6.53. The van der Waals surface area contributed by atoms with Gasteiger partial charge in [0.05, 0.1) is 0 Å². The van der Waals surface area contributed by atoms with Crippen molar-refractivity contribution in [3.05, 3.63) is 0 Å². The van der Waals surface area contributed by atoms with E-state index in [4.69, 9.17) is 5.73 Å². The largest absolute Gasteiger partial charge is 0.326 e. The summed E-state index contributed by atoms with van der Waals surface area (Å²) in [5.74, 6) is 3.03. The van der Waals surface area contributed by atoms with Crippen LogP contribution in [-0.4, -0.2) is 16.5 Å². The summed E-state index contributed by atoms with van der Waals surface area (Å²) in [5, 5.41) is 0. The SMILES string of the molecule is CC1CCCC(C(N)C2(C)CCCS2)C1. The van der Waals surface area contributed by atoms with Gasteiger partial charge >= 0.3 is 0 Å². The lowest BCUT2D eigenvalue weighted by Crippen LogP contribution is -2.47. The van der Waals surface area contributed by atoms with E-state index >= 15 is 0 Å². The maximum absolute atomic E-state index is 6.53. The van der Waals surface area contributed by atoms with E-state index in [9.17, 15) is 0 Å². The number of hydrogen-bond acceptors (Lipinski definition) is 2. The van der Waals surface area contributed by atoms with Crippen LogP contribution in [-0.2, 0) is 0 Å². The van der Waals surface area contributed by atoms with E-state index in [1.165, 1.54) is 44.3 Å². The van der Waals surface area contributed by atoms with Crippen molar-refractivity contribution in [3.8, 4) is 0 Å². The fraction of sp³-hybridized carbons (Fsp3) is 1.00. The van der Waals surface area contributed by atoms with Gasteiger partial charge in [-0.15, -0.1) is 0 Å². The molecule has 1 saturated heterocycles. The molecule has 0 aromatic rings. The molecule has 1 heterocycles. The first-order valence-electron chi connectivity index (χ1n) is 6.51. The van der Waals surface area contributed by atoms with Crippen LogP contribution in [0.25, 0.3) is 0 Å². The van der Waals surface area contributed by atoms with E-state index in [0.29, 0.717) is 10.8 Å². The molecule has 0 aromatic carbocycles. The summed E-state index contributed by atoms with van der Waals surface area (Å²) < 4.78 is 0.391. The molecular weight excluding hydrogens is 202 g/mol. The smallest absolute Gasteiger partial charge is 0.0285 e. The van der Waals surface area contributed by atoms with Crippen molar-refractivity contribution in [2.24, 2.45) is 17.6 Å². The van der Waals surface area contributed by atoms with Crippen LogP contribution in [0.2, 0.25) is 0 Å². The maximum Gasteiger partial charge on any atom is 0.0285 e. The zero-order valence-corrected chi connectivity index (χ0v) is 11.0. The second-order valence-electron chi connectivity index (χ2n) is 5.82. The van der Waals surface area contributed by atoms with E-state index in [1.807, 2.05) is 0 Å². The summed E-state index contributed by atoms with van der Waals surface area (Å²) in [4.78, 5) is 0. The Labute approximate surface area is 98.6 Å². The van der Waals surface area contributed by atoms with Crippen molar-refractivity contribution >= 4 is 11.8 Å². The van der Waals surface area contributed by atoms with Gasteiger partial charge in [0.15, 0.2) is 0 Å². The second-order valence-corrected chi connectivity index (χ2v) is 7.45. The van der Waals surface area contributed by atoms with Gasteiger partial charge in [0, 0.05) is 10.8 Å². The highest BCUT2D eigenvalue weighted by Crippen LogP contribution is 2.44. The van der Waals surface area contributed by atoms with Crippen molar-refractivity contribution in [3.63, 3.8) is 0 Å². The van der Waals surface area contributed by atoms with Gasteiger partial charge in [0.2, 0.25) is 0 Å². The Bertz CT molecular complexity index is 211. The molecule has 2 aliphatic rings. The summed E-state index contributed by atoms with van der Waals surface area (Å²) in [6, 6.07) is 0.438. The molecule has 1 aliphatic heterocycles. The third-order valence-electron chi connectivity index (χ3n) is 4.44. The molecule has 2 rings (SSSR count). The number of rotatable bonds is 2. The molecule has 4 atom stereocenters. The zero-order valence-electron chi connectivity index (χ0n) is 10.2. The fourth-order valence-corrected chi connectivity index (χ4v) is 4.80. The van der Waals surface area contributed by atoms with Crippen molar-refractivity contribution in [2.45, 2.75) is 63.2 Å². The number of hydrogen-bond donors (Lipinski definition) is 1. The van der Waals surface area contributed by atoms with Gasteiger partial charge in [-0.3, -0.25) is 0 Å². The molecule has 15 heavy (non-hydrogen) atoms. The molecular formula is C13H25NS. The normalized spacial score (nSPS) is 44.2. The molecule has 0 radical (unpaired) electrons. The Kier molecular flexibility index (Phi) is 3.67. The van der Waals surface area contributed by atoms with Gasteiger partial charge in [0.1, 0.15) is 0 Å². The average molecular weight is 227 g/mol. The molecule has 88 valence electrons. The highest BCUT2D eigenvalue weighted by Gasteiger charge is 2.40. The van der Waals surface area contributed by atoms with Crippen molar-refractivity contribution in [2.75, 3.05) is 5.75 Å². The Morgan fingerprint density at radius 1 is 1.33 bits per heavy atom. The van der Waals surface area contributed by atoms with Crippen LogP contribution in [0.3, 0.4) is 0 Å². The van der Waals surface area contributed by atoms with Gasteiger partial charge in [-0.05, 0) is 50.2 Å². The van der Waals surface area contributed by atoms with E-state index in [2.05, 4.69) is 25.6 Å². The average Bonchev–Trinajstić information content (AvgIpc) is 2.65. The first-order chi connectivity index (χ1) is 7.12. The van der Waals surface area contributed by atoms with Gasteiger partial charge in [-0.1, -0.05) is 19.8 Å². The molecule has 2 heteroatoms. The van der Waals surface area contributed by atoms with Crippen LogP contribution >= 0.6 is 11.8 Å². The first kappa shape index (κ1) is 11.8. The minimum absolute atomic E-state index is 0.391. The predicted octanol–water partition coefficient (Wildman–Crippen LogP) is 3.43. The molecule has 4 unspecified atom stereocenters. The summed E-state index contributed by atoms with van der Waals surface area (Å²) in [6.07, 6.45) is 8.28. The van der Waals surface area contributed by atoms with Crippen molar-refractivity contribution in [1.82, 2.24) is 0 Å². The van der Waals surface area contributed by atoms with Crippen LogP contribution in [0.5, 0.6) is 0 Å². The monoisotopic (exact) mass is 227 g/mol. The minimum Gasteiger partial charge on any atom is -0.326 e. The highest BCUT2D eigenvalue weighted by atomic mass is 32.2. The van der Waals surface area contributed by atoms with E-state index in [1.54, 1.807) is 0 Å². The van der Waals surface area contributed by atoms with Crippen LogP contribution in [0.4, 0.5) is 0 Å². The highest BCUT2D eigenvalue weighted by molar-refractivity contribution is 8.00. The summed E-state index contributed by atoms with van der Waals surface area (Å²) in [7, 11) is 0. The lowest BCUT2D eigenvalue weighted by Gasteiger charge is -2.39. The lowest BCUT2D eigenvalue weighted by atomic mass is 9.74. The van der Waals surface area contributed by atoms with Gasteiger partial charge < -0.3 is 5.73 Å². The van der Waals surface area contributed by atoms with E-state index in [-0.39, 0.29) is 0 Å². The maximum atomic E-state index is 6.53. The Morgan fingerprint density at radius 2 is 2.13 bits per heavy atom. The fourth-order valence-electron chi connectivity index (χ4n) is 3.37. The molecule has 0 aromatic heterocycles. The standard InChI is InChI=1S/C13H25NS/c1-10-5-3-6-11(9-10)12(14)13(2)7-4-8-15-13/h10-12H,3-9,14H2,1-2H3. The molecule has 2 N–H and O–H groups in total.